The van der Waals surface area contributed by atoms with E-state index in [9.17, 15) is 0 Å². The summed E-state index contributed by atoms with van der Waals surface area (Å²) in [5, 5.41) is 7.90. The second kappa shape index (κ2) is 9.24. The molecule has 3 aliphatic heterocycles. The number of hydrogen-bond donors (Lipinski definition) is 0. The number of fused-ring (bicyclic) bond motifs is 10. The molecule has 0 spiro atoms. The van der Waals surface area contributed by atoms with Crippen molar-refractivity contribution in [1.82, 2.24) is 9.13 Å². The molecule has 8 aromatic rings. The normalized spacial score (nSPS) is 17.4. The second-order valence-corrected chi connectivity index (χ2v) is 12.9. The standard InChI is InChI=1S/C44H29N3/c1-3-12-30(13-4-1)45-37-19-10-9-17-33(37)35-26-28(22-24-39(35)45)29-23-25-40-36(27-29)42-43-34-18-8-7-16-32(34)38-20-11-21-41(47(38)43)44(42)46(40)31-14-5-2-6-15-31/h1-27,41,44H. The molecule has 2 unspecified atom stereocenters. The van der Waals surface area contributed by atoms with Gasteiger partial charge in [0.1, 0.15) is 0 Å². The van der Waals surface area contributed by atoms with Gasteiger partial charge in [-0.1, -0.05) is 103 Å². The Morgan fingerprint density at radius 1 is 0.511 bits per heavy atom. The summed E-state index contributed by atoms with van der Waals surface area (Å²) in [5.74, 6) is 0. The van der Waals surface area contributed by atoms with Crippen molar-refractivity contribution in [2.24, 2.45) is 0 Å². The van der Waals surface area contributed by atoms with E-state index in [1.54, 1.807) is 0 Å². The van der Waals surface area contributed by atoms with E-state index in [1.165, 1.54) is 82.6 Å². The van der Waals surface area contributed by atoms with Gasteiger partial charge >= 0.3 is 0 Å². The van der Waals surface area contributed by atoms with Gasteiger partial charge in [0.05, 0.1) is 28.5 Å². The number of nitrogens with zero attached hydrogens (tertiary/aromatic N) is 3. The van der Waals surface area contributed by atoms with Crippen LogP contribution in [0.25, 0.3) is 61.0 Å². The van der Waals surface area contributed by atoms with Crippen LogP contribution < -0.4 is 15.6 Å². The van der Waals surface area contributed by atoms with Crippen molar-refractivity contribution in [2.45, 2.75) is 12.1 Å². The van der Waals surface area contributed by atoms with E-state index in [2.05, 4.69) is 178 Å². The van der Waals surface area contributed by atoms with Crippen LogP contribution in [0, 0.1) is 0 Å². The van der Waals surface area contributed by atoms with Crippen LogP contribution in [0.4, 0.5) is 11.4 Å². The van der Waals surface area contributed by atoms with Crippen LogP contribution in [0.1, 0.15) is 11.6 Å². The fourth-order valence-corrected chi connectivity index (χ4v) is 8.71. The summed E-state index contributed by atoms with van der Waals surface area (Å²) in [6, 6.07) is 53.9. The first kappa shape index (κ1) is 25.2. The third-order valence-electron chi connectivity index (χ3n) is 10.6. The molecular formula is C44H29N3. The van der Waals surface area contributed by atoms with Crippen LogP contribution in [0.15, 0.2) is 158 Å². The highest BCUT2D eigenvalue weighted by Crippen LogP contribution is 2.51. The van der Waals surface area contributed by atoms with Gasteiger partial charge in [-0.2, -0.15) is 0 Å². The summed E-state index contributed by atoms with van der Waals surface area (Å²) in [7, 11) is 0. The lowest BCUT2D eigenvalue weighted by atomic mass is 9.94. The van der Waals surface area contributed by atoms with Gasteiger partial charge in [0.15, 0.2) is 0 Å². The number of para-hydroxylation sites is 3. The summed E-state index contributed by atoms with van der Waals surface area (Å²) in [6.07, 6.45) is 6.94. The lowest BCUT2D eigenvalue weighted by molar-refractivity contribution is 0.564. The zero-order valence-electron chi connectivity index (χ0n) is 25.6. The number of allylic oxidation sites excluding steroid dienone is 1. The van der Waals surface area contributed by atoms with E-state index in [0.717, 1.165) is 0 Å². The van der Waals surface area contributed by atoms with Crippen molar-refractivity contribution in [2.75, 3.05) is 4.90 Å². The molecule has 2 aromatic heterocycles. The van der Waals surface area contributed by atoms with Crippen LogP contribution in [0.3, 0.4) is 0 Å². The van der Waals surface area contributed by atoms with Gasteiger partial charge in [-0.3, -0.25) is 0 Å². The van der Waals surface area contributed by atoms with Crippen molar-refractivity contribution in [1.29, 1.82) is 0 Å². The average Bonchev–Trinajstić information content (AvgIpc) is 3.86. The van der Waals surface area contributed by atoms with Crippen LogP contribution in [0.5, 0.6) is 0 Å². The third kappa shape index (κ3) is 3.30. The molecule has 0 bridgehead atoms. The SMILES string of the molecule is C1=CC2C3C(=c4c5ccccc5c(n42)=C1)c1cc(-c2ccc4c(c2)c2ccccc2n4-c2ccccc2)ccc1N3c1ccccc1. The molecule has 0 N–H and O–H groups in total. The molecule has 0 aliphatic carbocycles. The third-order valence-corrected chi connectivity index (χ3v) is 10.6. The lowest BCUT2D eigenvalue weighted by Crippen LogP contribution is -2.36. The van der Waals surface area contributed by atoms with E-state index in [4.69, 9.17) is 0 Å². The van der Waals surface area contributed by atoms with E-state index in [0.29, 0.717) is 0 Å². The number of rotatable bonds is 3. The first-order chi connectivity index (χ1) is 23.3. The lowest BCUT2D eigenvalue weighted by Gasteiger charge is -2.31. The zero-order valence-corrected chi connectivity index (χ0v) is 25.6. The molecule has 0 amide bonds. The molecule has 3 aliphatic rings. The number of anilines is 2. The first-order valence-corrected chi connectivity index (χ1v) is 16.4. The van der Waals surface area contributed by atoms with E-state index >= 15 is 0 Å². The molecule has 11 rings (SSSR count). The van der Waals surface area contributed by atoms with Gasteiger partial charge in [0, 0.05) is 55.1 Å². The van der Waals surface area contributed by atoms with Gasteiger partial charge in [0.2, 0.25) is 0 Å². The molecule has 3 nitrogen and oxygen atoms in total. The first-order valence-electron chi connectivity index (χ1n) is 16.4. The molecule has 220 valence electrons. The number of hydrogen-bond acceptors (Lipinski definition) is 1. The Hall–Kier alpha value is -6.06. The molecule has 0 saturated heterocycles. The minimum absolute atomic E-state index is 0.192. The van der Waals surface area contributed by atoms with E-state index in [1.807, 2.05) is 0 Å². The highest BCUT2D eigenvalue weighted by Gasteiger charge is 2.46. The maximum atomic E-state index is 2.60. The van der Waals surface area contributed by atoms with Gasteiger partial charge < -0.3 is 14.0 Å². The smallest absolute Gasteiger partial charge is 0.0862 e. The van der Waals surface area contributed by atoms with Gasteiger partial charge in [-0.05, 0) is 71.8 Å². The summed E-state index contributed by atoms with van der Waals surface area (Å²) < 4.78 is 4.98. The van der Waals surface area contributed by atoms with E-state index in [-0.39, 0.29) is 12.1 Å². The molecular weight excluding hydrogens is 571 g/mol. The average molecular weight is 600 g/mol. The van der Waals surface area contributed by atoms with Gasteiger partial charge in [-0.25, -0.2) is 0 Å². The molecule has 3 heteroatoms. The van der Waals surface area contributed by atoms with Crippen LogP contribution in [-0.4, -0.2) is 15.2 Å². The predicted octanol–water partition coefficient (Wildman–Crippen LogP) is 9.03. The Balaban J connectivity index is 1.17. The number of benzene rings is 6. The van der Waals surface area contributed by atoms with Gasteiger partial charge in [0.25, 0.3) is 0 Å². The Morgan fingerprint density at radius 2 is 1.17 bits per heavy atom. The topological polar surface area (TPSA) is 13.1 Å². The Kier molecular flexibility index (Phi) is 4.95. The zero-order chi connectivity index (χ0) is 30.6. The minimum Gasteiger partial charge on any atom is -0.331 e. The van der Waals surface area contributed by atoms with Crippen LogP contribution in [0.2, 0.25) is 0 Å². The number of aromatic nitrogens is 2. The van der Waals surface area contributed by atoms with Crippen molar-refractivity contribution in [3.05, 3.63) is 174 Å². The summed E-state index contributed by atoms with van der Waals surface area (Å²) in [5.41, 5.74) is 11.4. The summed E-state index contributed by atoms with van der Waals surface area (Å²) >= 11 is 0. The molecule has 5 heterocycles. The molecule has 0 fully saturated rings. The molecule has 6 aromatic carbocycles. The predicted molar refractivity (Wildman–Crippen MR) is 195 cm³/mol. The molecule has 0 radical (unpaired) electrons. The second-order valence-electron chi connectivity index (χ2n) is 12.9. The van der Waals surface area contributed by atoms with Crippen LogP contribution >= 0.6 is 0 Å². The highest BCUT2D eigenvalue weighted by molar-refractivity contribution is 6.10. The Bertz CT molecular complexity index is 2750. The quantitative estimate of drug-likeness (QED) is 0.198. The van der Waals surface area contributed by atoms with Crippen molar-refractivity contribution in [3.63, 3.8) is 0 Å². The summed E-state index contributed by atoms with van der Waals surface area (Å²) in [6.45, 7) is 0. The maximum absolute atomic E-state index is 2.60. The Morgan fingerprint density at radius 3 is 2.00 bits per heavy atom. The van der Waals surface area contributed by atoms with E-state index < -0.39 is 0 Å². The van der Waals surface area contributed by atoms with Crippen molar-refractivity contribution < 1.29 is 0 Å². The largest absolute Gasteiger partial charge is 0.331 e. The monoisotopic (exact) mass is 599 g/mol. The molecule has 0 saturated carbocycles. The maximum Gasteiger partial charge on any atom is 0.0862 e. The van der Waals surface area contributed by atoms with Crippen molar-refractivity contribution in [3.8, 4) is 16.8 Å². The molecule has 47 heavy (non-hydrogen) atoms. The highest BCUT2D eigenvalue weighted by atomic mass is 15.3. The van der Waals surface area contributed by atoms with Gasteiger partial charge in [-0.15, -0.1) is 0 Å². The van der Waals surface area contributed by atoms with Crippen molar-refractivity contribution >= 4 is 55.6 Å². The molecule has 2 atom stereocenters. The minimum atomic E-state index is 0.192. The summed E-state index contributed by atoms with van der Waals surface area (Å²) in [4.78, 5) is 2.58. The van der Waals surface area contributed by atoms with Crippen LogP contribution in [-0.2, 0) is 0 Å². The Labute approximate surface area is 271 Å². The fourth-order valence-electron chi connectivity index (χ4n) is 8.71. The fraction of sp³-hybridized carbons (Fsp3) is 0.0455.